The molecule has 0 unspecified atom stereocenters. The van der Waals surface area contributed by atoms with Crippen LogP contribution < -0.4 is 0 Å². The molecule has 120 valence electrons. The zero-order valence-corrected chi connectivity index (χ0v) is 15.1. The molecule has 0 saturated carbocycles. The Morgan fingerprint density at radius 1 is 0.714 bits per heavy atom. The van der Waals surface area contributed by atoms with Crippen molar-refractivity contribution in [1.29, 1.82) is 0 Å². The minimum atomic E-state index is -0.442. The minimum absolute atomic E-state index is 0. The topological polar surface area (TPSA) is 86.7 Å². The Kier molecular flexibility index (Phi) is 16.6. The molecule has 7 heteroatoms. The van der Waals surface area contributed by atoms with Gasteiger partial charge in [-0.25, -0.2) is 0 Å². The van der Waals surface area contributed by atoms with Crippen LogP contribution in [0.3, 0.4) is 0 Å². The van der Waals surface area contributed by atoms with Crippen molar-refractivity contribution in [2.45, 2.75) is 66.6 Å². The van der Waals surface area contributed by atoms with Crippen LogP contribution in [0.2, 0.25) is 0 Å². The molecule has 0 heterocycles. The van der Waals surface area contributed by atoms with E-state index in [0.717, 1.165) is 0 Å². The number of rotatable bonds is 6. The van der Waals surface area contributed by atoms with E-state index in [4.69, 9.17) is 9.47 Å². The Labute approximate surface area is 140 Å². The van der Waals surface area contributed by atoms with Crippen molar-refractivity contribution >= 4 is 23.5 Å². The molecule has 0 aliphatic carbocycles. The third-order valence-electron chi connectivity index (χ3n) is 1.52. The van der Waals surface area contributed by atoms with Crippen molar-refractivity contribution in [3.8, 4) is 0 Å². The van der Waals surface area contributed by atoms with Gasteiger partial charge in [0.25, 0.3) is 0 Å². The molecule has 0 atom stereocenters. The average molecular weight is 336 g/mol. The van der Waals surface area contributed by atoms with E-state index in [1.165, 1.54) is 13.8 Å². The van der Waals surface area contributed by atoms with Gasteiger partial charge in [0, 0.05) is 21.7 Å². The summed E-state index contributed by atoms with van der Waals surface area (Å²) in [4.78, 5) is 41.9. The standard InChI is InChI=1S/2C7H12O3.Ti/c2*1-5(2)10-7(9)4-6(3)8;/h2*5H,4H2,1-3H3;. The number of Topliss-reactive ketones (excluding diaryl/α,β-unsaturated/α-hetero) is 2. The van der Waals surface area contributed by atoms with Gasteiger partial charge in [0.2, 0.25) is 0 Å². The first-order valence-corrected chi connectivity index (χ1v) is 6.42. The molecular weight excluding hydrogens is 312 g/mol. The zero-order valence-electron chi connectivity index (χ0n) is 13.5. The van der Waals surface area contributed by atoms with Crippen LogP contribution in [0.15, 0.2) is 0 Å². The summed E-state index contributed by atoms with van der Waals surface area (Å²) in [5, 5.41) is 0. The van der Waals surface area contributed by atoms with Crippen LogP contribution in [0.25, 0.3) is 0 Å². The van der Waals surface area contributed by atoms with Crippen LogP contribution in [0.4, 0.5) is 0 Å². The van der Waals surface area contributed by atoms with Crippen LogP contribution in [0.1, 0.15) is 54.4 Å². The van der Waals surface area contributed by atoms with Gasteiger partial charge in [-0.2, -0.15) is 0 Å². The molecule has 0 aliphatic rings. The summed E-state index contributed by atoms with van der Waals surface area (Å²) in [5.41, 5.74) is 0. The van der Waals surface area contributed by atoms with E-state index in [0.29, 0.717) is 0 Å². The van der Waals surface area contributed by atoms with Gasteiger partial charge in [0.05, 0.1) is 12.2 Å². The number of ketones is 2. The van der Waals surface area contributed by atoms with Gasteiger partial charge < -0.3 is 9.47 Å². The summed E-state index contributed by atoms with van der Waals surface area (Å²) in [6, 6.07) is 0. The summed E-state index contributed by atoms with van der Waals surface area (Å²) >= 11 is 0. The Hall–Kier alpha value is -1.01. The summed E-state index contributed by atoms with van der Waals surface area (Å²) in [5.74, 6) is -1.21. The van der Waals surface area contributed by atoms with E-state index in [2.05, 4.69) is 0 Å². The van der Waals surface area contributed by atoms with Crippen molar-refractivity contribution in [2.24, 2.45) is 0 Å². The summed E-state index contributed by atoms with van der Waals surface area (Å²) in [6.07, 6.45) is -0.491. The molecule has 0 aliphatic heterocycles. The fourth-order valence-corrected chi connectivity index (χ4v) is 1.02. The number of hydrogen-bond donors (Lipinski definition) is 0. The quantitative estimate of drug-likeness (QED) is 0.418. The van der Waals surface area contributed by atoms with Crippen LogP contribution in [0, 0.1) is 0 Å². The molecule has 0 rings (SSSR count). The van der Waals surface area contributed by atoms with Gasteiger partial charge in [-0.3, -0.25) is 19.2 Å². The van der Waals surface area contributed by atoms with Gasteiger partial charge >= 0.3 is 11.9 Å². The third-order valence-corrected chi connectivity index (χ3v) is 1.52. The maximum Gasteiger partial charge on any atom is 0.313 e. The number of carbonyl (C=O) groups is 4. The van der Waals surface area contributed by atoms with Crippen molar-refractivity contribution < 1.29 is 50.4 Å². The third kappa shape index (κ3) is 24.4. The molecular formula is C14H24O6Ti. The first-order valence-electron chi connectivity index (χ1n) is 6.42. The SMILES string of the molecule is CC(=O)CC(=O)OC(C)C.CC(=O)CC(=O)OC(C)C.[Ti]. The molecule has 0 aromatic rings. The molecule has 0 aromatic carbocycles. The van der Waals surface area contributed by atoms with Gasteiger partial charge in [0.1, 0.15) is 24.4 Å². The van der Waals surface area contributed by atoms with E-state index in [-0.39, 0.29) is 58.3 Å². The molecule has 0 fully saturated rings. The maximum absolute atomic E-state index is 10.6. The zero-order chi connectivity index (χ0) is 16.3. The van der Waals surface area contributed by atoms with Crippen LogP contribution in [-0.4, -0.2) is 35.7 Å². The second kappa shape index (κ2) is 14.0. The summed E-state index contributed by atoms with van der Waals surface area (Å²) in [7, 11) is 0. The molecule has 0 N–H and O–H groups in total. The molecule has 0 saturated heterocycles. The molecule has 21 heavy (non-hydrogen) atoms. The number of ether oxygens (including phenoxy) is 2. The van der Waals surface area contributed by atoms with E-state index in [1.807, 2.05) is 0 Å². The van der Waals surface area contributed by atoms with E-state index in [1.54, 1.807) is 27.7 Å². The largest absolute Gasteiger partial charge is 0.463 e. The first-order chi connectivity index (χ1) is 9.04. The minimum Gasteiger partial charge on any atom is -0.463 e. The Bertz CT molecular complexity index is 315. The molecule has 0 amide bonds. The smallest absolute Gasteiger partial charge is 0.313 e. The Morgan fingerprint density at radius 2 is 0.952 bits per heavy atom. The van der Waals surface area contributed by atoms with Crippen molar-refractivity contribution in [3.63, 3.8) is 0 Å². The number of carbonyl (C=O) groups excluding carboxylic acids is 4. The van der Waals surface area contributed by atoms with E-state index >= 15 is 0 Å². The Balaban J connectivity index is -0.000000295. The van der Waals surface area contributed by atoms with Gasteiger partial charge in [-0.15, -0.1) is 0 Å². The second-order valence-corrected chi connectivity index (χ2v) is 4.83. The molecule has 6 nitrogen and oxygen atoms in total. The molecule has 0 aromatic heterocycles. The van der Waals surface area contributed by atoms with E-state index < -0.39 is 11.9 Å². The first kappa shape index (κ1) is 25.0. The fourth-order valence-electron chi connectivity index (χ4n) is 1.02. The van der Waals surface area contributed by atoms with Crippen molar-refractivity contribution in [3.05, 3.63) is 0 Å². The molecule has 0 radical (unpaired) electrons. The van der Waals surface area contributed by atoms with Crippen molar-refractivity contribution in [1.82, 2.24) is 0 Å². The Morgan fingerprint density at radius 3 is 1.10 bits per heavy atom. The predicted molar refractivity (Wildman–Crippen MR) is 73.1 cm³/mol. The van der Waals surface area contributed by atoms with Crippen LogP contribution >= 0.6 is 0 Å². The number of hydrogen-bond acceptors (Lipinski definition) is 6. The van der Waals surface area contributed by atoms with E-state index in [9.17, 15) is 19.2 Å². The summed E-state index contributed by atoms with van der Waals surface area (Å²) in [6.45, 7) is 9.72. The van der Waals surface area contributed by atoms with Gasteiger partial charge in [-0.05, 0) is 41.5 Å². The predicted octanol–water partition coefficient (Wildman–Crippen LogP) is 1.83. The van der Waals surface area contributed by atoms with Crippen LogP contribution in [0.5, 0.6) is 0 Å². The van der Waals surface area contributed by atoms with Gasteiger partial charge in [0.15, 0.2) is 0 Å². The average Bonchev–Trinajstić information content (AvgIpc) is 2.11. The number of esters is 2. The van der Waals surface area contributed by atoms with Gasteiger partial charge in [-0.1, -0.05) is 0 Å². The normalized spacial score (nSPS) is 9.14. The van der Waals surface area contributed by atoms with Crippen LogP contribution in [-0.2, 0) is 50.4 Å². The van der Waals surface area contributed by atoms with Crippen molar-refractivity contribution in [2.75, 3.05) is 0 Å². The maximum atomic E-state index is 10.6. The summed E-state index contributed by atoms with van der Waals surface area (Å²) < 4.78 is 9.40. The molecule has 0 spiro atoms. The fraction of sp³-hybridized carbons (Fsp3) is 0.714. The molecule has 0 bridgehead atoms. The second-order valence-electron chi connectivity index (χ2n) is 4.83. The monoisotopic (exact) mass is 336 g/mol.